The molecule has 1 amide bonds. The van der Waals surface area contributed by atoms with E-state index in [4.69, 9.17) is 23.2 Å². The molecule has 1 unspecified atom stereocenters. The van der Waals surface area contributed by atoms with Crippen LogP contribution in [0.5, 0.6) is 0 Å². The Bertz CT molecular complexity index is 459. The minimum Gasteiger partial charge on any atom is -0.374 e. The van der Waals surface area contributed by atoms with E-state index in [1.807, 2.05) is 4.90 Å². The molecule has 1 aliphatic heterocycles. The molecule has 1 atom stereocenters. The summed E-state index contributed by atoms with van der Waals surface area (Å²) in [6.07, 6.45) is 4.43. The summed E-state index contributed by atoms with van der Waals surface area (Å²) in [5, 5.41) is 4.14. The number of rotatable bonds is 4. The second-order valence-corrected chi connectivity index (χ2v) is 5.91. The normalized spacial score (nSPS) is 18.9. The first-order valence-corrected chi connectivity index (χ1v) is 7.86. The maximum atomic E-state index is 12.3. The number of anilines is 1. The molecule has 1 N–H and O–H groups in total. The maximum absolute atomic E-state index is 12.3. The lowest BCUT2D eigenvalue weighted by Crippen LogP contribution is -2.45. The number of piperidine rings is 1. The topological polar surface area (TPSA) is 32.3 Å². The largest absolute Gasteiger partial charge is 0.374 e. The van der Waals surface area contributed by atoms with Gasteiger partial charge in [0.25, 0.3) is 0 Å². The molecule has 1 heterocycles. The van der Waals surface area contributed by atoms with Crippen LogP contribution in [0.1, 0.15) is 32.6 Å². The Balaban J connectivity index is 1.98. The first-order chi connectivity index (χ1) is 9.63. The molecule has 1 aromatic rings. The summed E-state index contributed by atoms with van der Waals surface area (Å²) in [6, 6.07) is 5.68. The van der Waals surface area contributed by atoms with Crippen molar-refractivity contribution < 1.29 is 4.79 Å². The van der Waals surface area contributed by atoms with Gasteiger partial charge in [0.2, 0.25) is 5.91 Å². The minimum atomic E-state index is 0.118. The Labute approximate surface area is 130 Å². The van der Waals surface area contributed by atoms with Crippen LogP contribution in [-0.4, -0.2) is 29.9 Å². The molecule has 0 bridgehead atoms. The minimum absolute atomic E-state index is 0.118. The zero-order valence-corrected chi connectivity index (χ0v) is 13.2. The third kappa shape index (κ3) is 3.58. The summed E-state index contributed by atoms with van der Waals surface area (Å²) in [4.78, 5) is 14.3. The highest BCUT2D eigenvalue weighted by Crippen LogP contribution is 2.29. The van der Waals surface area contributed by atoms with Crippen LogP contribution in [0.15, 0.2) is 18.2 Å². The molecular weight excluding hydrogens is 295 g/mol. The van der Waals surface area contributed by atoms with Crippen LogP contribution in [0.3, 0.4) is 0 Å². The van der Waals surface area contributed by atoms with Crippen LogP contribution in [-0.2, 0) is 4.79 Å². The molecule has 1 fully saturated rings. The summed E-state index contributed by atoms with van der Waals surface area (Å²) < 4.78 is 0. The molecule has 0 radical (unpaired) electrons. The smallest absolute Gasteiger partial charge is 0.242 e. The van der Waals surface area contributed by atoms with E-state index in [9.17, 15) is 4.79 Å². The fourth-order valence-electron chi connectivity index (χ4n) is 2.69. The molecule has 0 saturated carbocycles. The first-order valence-electron chi connectivity index (χ1n) is 7.10. The predicted octanol–water partition coefficient (Wildman–Crippen LogP) is 4.20. The number of nitrogens with zero attached hydrogens (tertiary/aromatic N) is 1. The number of hydrogen-bond donors (Lipinski definition) is 1. The van der Waals surface area contributed by atoms with Crippen LogP contribution in [0.2, 0.25) is 10.0 Å². The Morgan fingerprint density at radius 2 is 2.05 bits per heavy atom. The second kappa shape index (κ2) is 7.19. The molecule has 110 valence electrons. The zero-order valence-electron chi connectivity index (χ0n) is 11.7. The molecular formula is C15H20Cl2N2O. The molecule has 2 rings (SSSR count). The second-order valence-electron chi connectivity index (χ2n) is 5.10. The Hall–Kier alpha value is -0.930. The van der Waals surface area contributed by atoms with E-state index >= 15 is 0 Å². The van der Waals surface area contributed by atoms with E-state index in [0.717, 1.165) is 25.8 Å². The van der Waals surface area contributed by atoms with Gasteiger partial charge in [0.1, 0.15) is 0 Å². The third-order valence-corrected chi connectivity index (χ3v) is 4.43. The predicted molar refractivity (Wildman–Crippen MR) is 84.6 cm³/mol. The molecule has 5 heteroatoms. The monoisotopic (exact) mass is 314 g/mol. The molecule has 0 aliphatic carbocycles. The number of benzene rings is 1. The van der Waals surface area contributed by atoms with Crippen molar-refractivity contribution in [1.29, 1.82) is 0 Å². The molecule has 3 nitrogen and oxygen atoms in total. The lowest BCUT2D eigenvalue weighted by molar-refractivity contribution is -0.133. The van der Waals surface area contributed by atoms with Gasteiger partial charge in [0.15, 0.2) is 0 Å². The van der Waals surface area contributed by atoms with Crippen molar-refractivity contribution in [3.05, 3.63) is 28.2 Å². The van der Waals surface area contributed by atoms with E-state index in [0.29, 0.717) is 21.8 Å². The van der Waals surface area contributed by atoms with Gasteiger partial charge in [0, 0.05) is 12.6 Å². The number of nitrogens with one attached hydrogen (secondary N) is 1. The Kier molecular flexibility index (Phi) is 5.55. The van der Waals surface area contributed by atoms with Gasteiger partial charge in [0.05, 0.1) is 22.3 Å². The highest BCUT2D eigenvalue weighted by Gasteiger charge is 2.25. The van der Waals surface area contributed by atoms with Gasteiger partial charge >= 0.3 is 0 Å². The molecule has 0 spiro atoms. The van der Waals surface area contributed by atoms with Crippen molar-refractivity contribution >= 4 is 34.8 Å². The van der Waals surface area contributed by atoms with Gasteiger partial charge in [-0.1, -0.05) is 36.2 Å². The van der Waals surface area contributed by atoms with Crippen molar-refractivity contribution in [2.45, 2.75) is 38.6 Å². The van der Waals surface area contributed by atoms with Crippen LogP contribution in [0.25, 0.3) is 0 Å². The standard InChI is InChI=1S/C15H20Cl2N2O/c1-2-11-6-3-4-9-19(11)14(20)10-18-15-12(16)7-5-8-13(15)17/h5,7-8,11,18H,2-4,6,9-10H2,1H3. The van der Waals surface area contributed by atoms with Crippen molar-refractivity contribution in [1.82, 2.24) is 4.90 Å². The average molecular weight is 315 g/mol. The van der Waals surface area contributed by atoms with Gasteiger partial charge in [-0.15, -0.1) is 0 Å². The number of likely N-dealkylation sites (tertiary alicyclic amines) is 1. The maximum Gasteiger partial charge on any atom is 0.242 e. The van der Waals surface area contributed by atoms with E-state index in [1.54, 1.807) is 18.2 Å². The number of carbonyl (C=O) groups excluding carboxylic acids is 1. The van der Waals surface area contributed by atoms with E-state index in [2.05, 4.69) is 12.2 Å². The van der Waals surface area contributed by atoms with Crippen molar-refractivity contribution in [2.24, 2.45) is 0 Å². The quantitative estimate of drug-likeness (QED) is 0.903. The summed E-state index contributed by atoms with van der Waals surface area (Å²) in [6.45, 7) is 3.23. The number of hydrogen-bond acceptors (Lipinski definition) is 2. The van der Waals surface area contributed by atoms with Crippen LogP contribution < -0.4 is 5.32 Å². The van der Waals surface area contributed by atoms with E-state index in [1.165, 1.54) is 6.42 Å². The lowest BCUT2D eigenvalue weighted by atomic mass is 10.00. The van der Waals surface area contributed by atoms with Crippen molar-refractivity contribution in [3.8, 4) is 0 Å². The Morgan fingerprint density at radius 1 is 1.35 bits per heavy atom. The van der Waals surface area contributed by atoms with Crippen molar-refractivity contribution in [3.63, 3.8) is 0 Å². The van der Waals surface area contributed by atoms with E-state index in [-0.39, 0.29) is 12.5 Å². The fraction of sp³-hybridized carbons (Fsp3) is 0.533. The van der Waals surface area contributed by atoms with Gasteiger partial charge < -0.3 is 10.2 Å². The van der Waals surface area contributed by atoms with E-state index < -0.39 is 0 Å². The lowest BCUT2D eigenvalue weighted by Gasteiger charge is -2.35. The van der Waals surface area contributed by atoms with Gasteiger partial charge in [-0.3, -0.25) is 4.79 Å². The average Bonchev–Trinajstić information content (AvgIpc) is 2.46. The number of carbonyl (C=O) groups is 1. The summed E-state index contributed by atoms with van der Waals surface area (Å²) in [5.41, 5.74) is 0.634. The Morgan fingerprint density at radius 3 is 2.70 bits per heavy atom. The number of halogens is 2. The molecule has 1 aromatic carbocycles. The highest BCUT2D eigenvalue weighted by molar-refractivity contribution is 6.39. The molecule has 1 saturated heterocycles. The first kappa shape index (κ1) is 15.5. The zero-order chi connectivity index (χ0) is 14.5. The molecule has 20 heavy (non-hydrogen) atoms. The summed E-state index contributed by atoms with van der Waals surface area (Å²) in [5.74, 6) is 0.118. The van der Waals surface area contributed by atoms with Crippen LogP contribution in [0.4, 0.5) is 5.69 Å². The summed E-state index contributed by atoms with van der Waals surface area (Å²) in [7, 11) is 0. The van der Waals surface area contributed by atoms with Crippen molar-refractivity contribution in [2.75, 3.05) is 18.4 Å². The van der Waals surface area contributed by atoms with Gasteiger partial charge in [-0.05, 0) is 37.8 Å². The number of para-hydroxylation sites is 1. The molecule has 1 aliphatic rings. The van der Waals surface area contributed by atoms with Crippen LogP contribution in [0, 0.1) is 0 Å². The summed E-state index contributed by atoms with van der Waals surface area (Å²) >= 11 is 12.2. The van der Waals surface area contributed by atoms with Crippen LogP contribution >= 0.6 is 23.2 Å². The fourth-order valence-corrected chi connectivity index (χ4v) is 3.22. The number of amides is 1. The third-order valence-electron chi connectivity index (χ3n) is 3.80. The SMILES string of the molecule is CCC1CCCCN1C(=O)CNc1c(Cl)cccc1Cl. The van der Waals surface area contributed by atoms with Gasteiger partial charge in [-0.2, -0.15) is 0 Å². The van der Waals surface area contributed by atoms with Gasteiger partial charge in [-0.25, -0.2) is 0 Å². The highest BCUT2D eigenvalue weighted by atomic mass is 35.5. The molecule has 0 aromatic heterocycles.